The van der Waals surface area contributed by atoms with E-state index in [9.17, 15) is 0 Å². The quantitative estimate of drug-likeness (QED) is 0.735. The number of anilines is 2. The minimum Gasteiger partial charge on any atom is -0.340 e. The van der Waals surface area contributed by atoms with E-state index in [1.165, 1.54) is 35.8 Å². The van der Waals surface area contributed by atoms with Crippen molar-refractivity contribution in [1.82, 2.24) is 4.98 Å². The molecular weight excluding hydrogens is 244 g/mol. The Morgan fingerprint density at radius 3 is 2.75 bits per heavy atom. The number of pyridine rings is 1. The summed E-state index contributed by atoms with van der Waals surface area (Å²) in [5.41, 5.74) is 5.14. The fourth-order valence-corrected chi connectivity index (χ4v) is 2.93. The van der Waals surface area contributed by atoms with Gasteiger partial charge in [-0.2, -0.15) is 0 Å². The molecule has 1 aliphatic rings. The van der Waals surface area contributed by atoms with E-state index in [1.54, 1.807) is 0 Å². The zero-order valence-electron chi connectivity index (χ0n) is 11.3. The molecule has 0 unspecified atom stereocenters. The van der Waals surface area contributed by atoms with Gasteiger partial charge >= 0.3 is 0 Å². The number of nitrogens with zero attached hydrogens (tertiary/aromatic N) is 1. The minimum atomic E-state index is 0.904. The molecule has 0 saturated carbocycles. The second-order valence-corrected chi connectivity index (χ2v) is 5.35. The smallest absolute Gasteiger partial charge is 0.131 e. The van der Waals surface area contributed by atoms with Gasteiger partial charge in [0.25, 0.3) is 0 Å². The van der Waals surface area contributed by atoms with Gasteiger partial charge in [0.2, 0.25) is 0 Å². The van der Waals surface area contributed by atoms with E-state index in [1.807, 2.05) is 24.3 Å². The topological polar surface area (TPSA) is 24.9 Å². The summed E-state index contributed by atoms with van der Waals surface area (Å²) in [6.07, 6.45) is 3.72. The van der Waals surface area contributed by atoms with Gasteiger partial charge in [0.1, 0.15) is 5.82 Å². The van der Waals surface area contributed by atoms with Crippen LogP contribution in [-0.4, -0.2) is 4.98 Å². The van der Waals surface area contributed by atoms with Crippen molar-refractivity contribution >= 4 is 22.4 Å². The Balaban J connectivity index is 1.67. The molecule has 0 saturated heterocycles. The second kappa shape index (κ2) is 4.64. The van der Waals surface area contributed by atoms with Crippen molar-refractivity contribution < 1.29 is 0 Å². The lowest BCUT2D eigenvalue weighted by molar-refractivity contribution is 0.912. The van der Waals surface area contributed by atoms with Crippen LogP contribution < -0.4 is 5.32 Å². The van der Waals surface area contributed by atoms with Gasteiger partial charge in [0, 0.05) is 11.1 Å². The molecule has 0 atom stereocenters. The number of hydrogen-bond acceptors (Lipinski definition) is 2. The number of benzene rings is 2. The van der Waals surface area contributed by atoms with Crippen molar-refractivity contribution in [1.29, 1.82) is 0 Å². The summed E-state index contributed by atoms with van der Waals surface area (Å²) in [6.45, 7) is 0. The first-order valence-electron chi connectivity index (χ1n) is 7.13. The van der Waals surface area contributed by atoms with Crippen LogP contribution in [0, 0.1) is 0 Å². The summed E-state index contributed by atoms with van der Waals surface area (Å²) in [4.78, 5) is 4.65. The lowest BCUT2D eigenvalue weighted by Crippen LogP contribution is -1.95. The largest absolute Gasteiger partial charge is 0.340 e. The molecule has 98 valence electrons. The maximum atomic E-state index is 4.65. The van der Waals surface area contributed by atoms with E-state index in [2.05, 4.69) is 40.6 Å². The molecule has 2 aromatic carbocycles. The summed E-state index contributed by atoms with van der Waals surface area (Å²) in [5.74, 6) is 0.904. The molecule has 1 heterocycles. The predicted molar refractivity (Wildman–Crippen MR) is 83.5 cm³/mol. The minimum absolute atomic E-state index is 0.904. The number of fused-ring (bicyclic) bond motifs is 2. The Labute approximate surface area is 118 Å². The van der Waals surface area contributed by atoms with Crippen LogP contribution in [0.5, 0.6) is 0 Å². The molecule has 20 heavy (non-hydrogen) atoms. The Kier molecular flexibility index (Phi) is 2.66. The van der Waals surface area contributed by atoms with Crippen molar-refractivity contribution in [2.75, 3.05) is 5.32 Å². The molecule has 4 rings (SSSR count). The number of hydrogen-bond donors (Lipinski definition) is 1. The van der Waals surface area contributed by atoms with Crippen LogP contribution in [-0.2, 0) is 12.8 Å². The van der Waals surface area contributed by atoms with Gasteiger partial charge in [-0.15, -0.1) is 0 Å². The Morgan fingerprint density at radius 2 is 1.75 bits per heavy atom. The van der Waals surface area contributed by atoms with Crippen LogP contribution in [0.25, 0.3) is 10.9 Å². The molecule has 1 aliphatic carbocycles. The zero-order chi connectivity index (χ0) is 13.4. The first-order valence-corrected chi connectivity index (χ1v) is 7.13. The van der Waals surface area contributed by atoms with Crippen LogP contribution in [0.2, 0.25) is 0 Å². The molecular formula is C18H16N2. The summed E-state index contributed by atoms with van der Waals surface area (Å²) in [7, 11) is 0. The number of para-hydroxylation sites is 1. The average molecular weight is 260 g/mol. The van der Waals surface area contributed by atoms with E-state index in [0.29, 0.717) is 0 Å². The molecule has 3 aromatic rings. The van der Waals surface area contributed by atoms with Crippen LogP contribution >= 0.6 is 0 Å². The lowest BCUT2D eigenvalue weighted by Gasteiger charge is -2.08. The summed E-state index contributed by atoms with van der Waals surface area (Å²) in [6, 6.07) is 19.0. The van der Waals surface area contributed by atoms with Crippen LogP contribution in [0.4, 0.5) is 11.5 Å². The van der Waals surface area contributed by atoms with Gasteiger partial charge in [0.15, 0.2) is 0 Å². The van der Waals surface area contributed by atoms with Crippen LogP contribution in [0.15, 0.2) is 54.6 Å². The maximum Gasteiger partial charge on any atom is 0.131 e. The first-order chi connectivity index (χ1) is 9.88. The van der Waals surface area contributed by atoms with Crippen molar-refractivity contribution in [2.45, 2.75) is 19.3 Å². The third-order valence-electron chi connectivity index (χ3n) is 3.97. The van der Waals surface area contributed by atoms with Crippen molar-refractivity contribution in [3.63, 3.8) is 0 Å². The molecule has 2 heteroatoms. The summed E-state index contributed by atoms with van der Waals surface area (Å²) >= 11 is 0. The van der Waals surface area contributed by atoms with Gasteiger partial charge in [-0.3, -0.25) is 0 Å². The Hall–Kier alpha value is -2.35. The van der Waals surface area contributed by atoms with E-state index in [-0.39, 0.29) is 0 Å². The number of rotatable bonds is 2. The van der Waals surface area contributed by atoms with Crippen molar-refractivity contribution in [3.8, 4) is 0 Å². The van der Waals surface area contributed by atoms with E-state index in [4.69, 9.17) is 0 Å². The zero-order valence-corrected chi connectivity index (χ0v) is 11.3. The van der Waals surface area contributed by atoms with Crippen molar-refractivity contribution in [3.05, 3.63) is 65.7 Å². The van der Waals surface area contributed by atoms with E-state index in [0.717, 1.165) is 17.0 Å². The second-order valence-electron chi connectivity index (χ2n) is 5.35. The van der Waals surface area contributed by atoms with Crippen LogP contribution in [0.1, 0.15) is 17.5 Å². The third-order valence-corrected chi connectivity index (χ3v) is 3.97. The molecule has 0 spiro atoms. The van der Waals surface area contributed by atoms with E-state index >= 15 is 0 Å². The molecule has 1 N–H and O–H groups in total. The monoisotopic (exact) mass is 260 g/mol. The SMILES string of the molecule is c1ccc2nc(Nc3ccc4c(c3)CCC4)ccc2c1. The predicted octanol–water partition coefficient (Wildman–Crippen LogP) is 4.47. The number of nitrogens with one attached hydrogen (secondary N) is 1. The normalized spacial score (nSPS) is 13.4. The molecule has 0 fully saturated rings. The molecule has 2 nitrogen and oxygen atoms in total. The maximum absolute atomic E-state index is 4.65. The number of aromatic nitrogens is 1. The highest BCUT2D eigenvalue weighted by molar-refractivity contribution is 5.80. The molecule has 0 amide bonds. The highest BCUT2D eigenvalue weighted by Crippen LogP contribution is 2.26. The fraction of sp³-hybridized carbons (Fsp3) is 0.167. The number of aryl methyl sites for hydroxylation is 2. The van der Waals surface area contributed by atoms with E-state index < -0.39 is 0 Å². The standard InChI is InChI=1S/C18H16N2/c1-2-7-17-14(4-1)9-11-18(20-17)19-16-10-8-13-5-3-6-15(13)12-16/h1-2,4,7-12H,3,5-6H2,(H,19,20). The van der Waals surface area contributed by atoms with Gasteiger partial charge in [-0.05, 0) is 60.7 Å². The van der Waals surface area contributed by atoms with Crippen LogP contribution in [0.3, 0.4) is 0 Å². The first kappa shape index (κ1) is 11.5. The highest BCUT2D eigenvalue weighted by Gasteiger charge is 2.10. The lowest BCUT2D eigenvalue weighted by atomic mass is 10.1. The highest BCUT2D eigenvalue weighted by atomic mass is 15.0. The van der Waals surface area contributed by atoms with Crippen molar-refractivity contribution in [2.24, 2.45) is 0 Å². The van der Waals surface area contributed by atoms with Gasteiger partial charge in [-0.25, -0.2) is 4.98 Å². The molecule has 1 aromatic heterocycles. The Morgan fingerprint density at radius 1 is 0.850 bits per heavy atom. The molecule has 0 radical (unpaired) electrons. The molecule has 0 bridgehead atoms. The summed E-state index contributed by atoms with van der Waals surface area (Å²) in [5, 5.41) is 4.59. The Bertz CT molecular complexity index is 777. The molecule has 0 aliphatic heterocycles. The average Bonchev–Trinajstić information content (AvgIpc) is 2.95. The van der Waals surface area contributed by atoms with Gasteiger partial charge < -0.3 is 5.32 Å². The van der Waals surface area contributed by atoms with Gasteiger partial charge in [0.05, 0.1) is 5.52 Å². The third kappa shape index (κ3) is 2.03. The fourth-order valence-electron chi connectivity index (χ4n) is 2.93. The van der Waals surface area contributed by atoms with Gasteiger partial charge in [-0.1, -0.05) is 24.3 Å². The summed E-state index contributed by atoms with van der Waals surface area (Å²) < 4.78 is 0.